The van der Waals surface area contributed by atoms with Gasteiger partial charge < -0.3 is 0 Å². The molecule has 1 aliphatic rings. The minimum absolute atomic E-state index is 0.153. The number of amides is 3. The van der Waals surface area contributed by atoms with Gasteiger partial charge in [-0.3, -0.25) is 24.2 Å². The van der Waals surface area contributed by atoms with Crippen LogP contribution in [0.4, 0.5) is 5.69 Å². The van der Waals surface area contributed by atoms with Crippen LogP contribution in [-0.2, 0) is 0 Å². The van der Waals surface area contributed by atoms with Crippen LogP contribution >= 0.6 is 22.6 Å². The Morgan fingerprint density at radius 1 is 0.862 bits per heavy atom. The normalized spacial score (nSPS) is 12.8. The summed E-state index contributed by atoms with van der Waals surface area (Å²) in [4.78, 5) is 41.5. The number of aryl methyl sites for hydroxylation is 1. The highest BCUT2D eigenvalue weighted by Crippen LogP contribution is 2.26. The predicted molar refractivity (Wildman–Crippen MR) is 119 cm³/mol. The maximum Gasteiger partial charge on any atom is 0.263 e. The molecule has 3 amide bonds. The standard InChI is InChI=1S/C23H17IN2O3/c1-15-6-8-16(9-7-15)21(27)25(18-12-10-17(24)11-13-18)14-26-22(28)19-4-2-3-5-20(19)23(26)29/h2-13H,14H2,1H3. The zero-order chi connectivity index (χ0) is 20.5. The summed E-state index contributed by atoms with van der Waals surface area (Å²) >= 11 is 2.19. The molecular formula is C23H17IN2O3. The molecule has 0 radical (unpaired) electrons. The number of rotatable bonds is 4. The molecule has 6 heteroatoms. The van der Waals surface area contributed by atoms with Crippen molar-refractivity contribution in [1.29, 1.82) is 0 Å². The third-order valence-electron chi connectivity index (χ3n) is 4.84. The van der Waals surface area contributed by atoms with Crippen LogP contribution in [0.1, 0.15) is 36.6 Å². The Labute approximate surface area is 182 Å². The molecule has 4 rings (SSSR count). The third kappa shape index (κ3) is 3.67. The molecule has 1 aliphatic heterocycles. The Bertz CT molecular complexity index is 1070. The molecule has 5 nitrogen and oxygen atoms in total. The fourth-order valence-electron chi connectivity index (χ4n) is 3.25. The molecular weight excluding hydrogens is 479 g/mol. The maximum atomic E-state index is 13.3. The highest BCUT2D eigenvalue weighted by molar-refractivity contribution is 14.1. The second kappa shape index (κ2) is 7.79. The van der Waals surface area contributed by atoms with Gasteiger partial charge >= 0.3 is 0 Å². The van der Waals surface area contributed by atoms with Crippen molar-refractivity contribution >= 4 is 46.0 Å². The molecule has 0 aromatic heterocycles. The number of hydrogen-bond donors (Lipinski definition) is 0. The van der Waals surface area contributed by atoms with E-state index >= 15 is 0 Å². The van der Waals surface area contributed by atoms with E-state index in [-0.39, 0.29) is 12.6 Å². The molecule has 0 atom stereocenters. The molecule has 0 fully saturated rings. The molecule has 0 unspecified atom stereocenters. The van der Waals surface area contributed by atoms with Crippen molar-refractivity contribution in [2.45, 2.75) is 6.92 Å². The van der Waals surface area contributed by atoms with Crippen LogP contribution < -0.4 is 4.90 Å². The molecule has 0 bridgehead atoms. The first-order valence-corrected chi connectivity index (χ1v) is 10.1. The number of carbonyl (C=O) groups excluding carboxylic acids is 3. The Morgan fingerprint density at radius 2 is 1.41 bits per heavy atom. The summed E-state index contributed by atoms with van der Waals surface area (Å²) < 4.78 is 1.02. The Hall–Kier alpha value is -3.00. The van der Waals surface area contributed by atoms with Crippen LogP contribution in [0.15, 0.2) is 72.8 Å². The first-order chi connectivity index (χ1) is 14.0. The van der Waals surface area contributed by atoms with Gasteiger partial charge in [0.15, 0.2) is 0 Å². The van der Waals surface area contributed by atoms with Crippen LogP contribution in [0.25, 0.3) is 0 Å². The number of benzene rings is 3. The molecule has 1 heterocycles. The van der Waals surface area contributed by atoms with Gasteiger partial charge in [-0.15, -0.1) is 0 Å². The van der Waals surface area contributed by atoms with E-state index < -0.39 is 11.8 Å². The van der Waals surface area contributed by atoms with Crippen LogP contribution in [0, 0.1) is 10.5 Å². The number of halogens is 1. The Morgan fingerprint density at radius 3 is 1.97 bits per heavy atom. The predicted octanol–water partition coefficient (Wildman–Crippen LogP) is 4.50. The molecule has 0 spiro atoms. The lowest BCUT2D eigenvalue weighted by molar-refractivity contribution is 0.0650. The van der Waals surface area contributed by atoms with Crippen molar-refractivity contribution in [2.75, 3.05) is 11.6 Å². The number of fused-ring (bicyclic) bond motifs is 1. The van der Waals surface area contributed by atoms with Gasteiger partial charge in [-0.2, -0.15) is 0 Å². The Kier molecular flexibility index (Phi) is 5.19. The van der Waals surface area contributed by atoms with Crippen molar-refractivity contribution in [2.24, 2.45) is 0 Å². The molecule has 0 saturated heterocycles. The van der Waals surface area contributed by atoms with E-state index in [9.17, 15) is 14.4 Å². The number of anilines is 1. The van der Waals surface area contributed by atoms with Crippen LogP contribution in [0.5, 0.6) is 0 Å². The van der Waals surface area contributed by atoms with Crippen molar-refractivity contribution in [3.63, 3.8) is 0 Å². The van der Waals surface area contributed by atoms with Gasteiger partial charge in [-0.25, -0.2) is 0 Å². The molecule has 29 heavy (non-hydrogen) atoms. The minimum Gasteiger partial charge on any atom is -0.290 e. The topological polar surface area (TPSA) is 57.7 Å². The first-order valence-electron chi connectivity index (χ1n) is 9.05. The minimum atomic E-state index is -0.391. The van der Waals surface area contributed by atoms with Gasteiger partial charge in [0.2, 0.25) is 0 Å². The molecule has 0 saturated carbocycles. The zero-order valence-electron chi connectivity index (χ0n) is 15.6. The number of imide groups is 1. The van der Waals surface area contributed by atoms with Gasteiger partial charge in [0.05, 0.1) is 11.1 Å². The first kappa shape index (κ1) is 19.3. The maximum absolute atomic E-state index is 13.3. The average molecular weight is 496 g/mol. The molecule has 0 N–H and O–H groups in total. The summed E-state index contributed by atoms with van der Waals surface area (Å²) in [7, 11) is 0. The number of hydrogen-bond acceptors (Lipinski definition) is 3. The van der Waals surface area contributed by atoms with Crippen molar-refractivity contribution in [3.05, 3.63) is 98.6 Å². The number of nitrogens with zero attached hydrogens (tertiary/aromatic N) is 2. The van der Waals surface area contributed by atoms with Gasteiger partial charge in [-0.1, -0.05) is 29.8 Å². The van der Waals surface area contributed by atoms with Crippen LogP contribution in [0.3, 0.4) is 0 Å². The van der Waals surface area contributed by atoms with Crippen molar-refractivity contribution in [1.82, 2.24) is 4.90 Å². The summed E-state index contributed by atoms with van der Waals surface area (Å²) in [5.41, 5.74) is 2.88. The average Bonchev–Trinajstić information content (AvgIpc) is 2.98. The quantitative estimate of drug-likeness (QED) is 0.395. The van der Waals surface area contributed by atoms with E-state index in [1.54, 1.807) is 36.4 Å². The van der Waals surface area contributed by atoms with Gasteiger partial charge in [-0.05, 0) is 78.0 Å². The monoisotopic (exact) mass is 496 g/mol. The SMILES string of the molecule is Cc1ccc(C(=O)N(CN2C(=O)c3ccccc3C2=O)c2ccc(I)cc2)cc1. The van der Waals surface area contributed by atoms with Crippen LogP contribution in [0.2, 0.25) is 0 Å². The van der Waals surface area contributed by atoms with E-state index in [1.165, 1.54) is 4.90 Å². The largest absolute Gasteiger partial charge is 0.290 e. The lowest BCUT2D eigenvalue weighted by atomic mass is 10.1. The molecule has 3 aromatic rings. The van der Waals surface area contributed by atoms with Crippen LogP contribution in [-0.4, -0.2) is 29.3 Å². The van der Waals surface area contributed by atoms with Crippen molar-refractivity contribution < 1.29 is 14.4 Å². The summed E-state index contributed by atoms with van der Waals surface area (Å²) in [6.45, 7) is 1.80. The molecule has 144 valence electrons. The van der Waals surface area contributed by atoms with E-state index in [2.05, 4.69) is 22.6 Å². The summed E-state index contributed by atoms with van der Waals surface area (Å²) in [5.74, 6) is -1.06. The smallest absolute Gasteiger partial charge is 0.263 e. The second-order valence-corrected chi connectivity index (χ2v) is 8.05. The molecule has 3 aromatic carbocycles. The highest BCUT2D eigenvalue weighted by Gasteiger charge is 2.37. The fraction of sp³-hybridized carbons (Fsp3) is 0.0870. The Balaban J connectivity index is 1.70. The lowest BCUT2D eigenvalue weighted by Crippen LogP contribution is -2.44. The lowest BCUT2D eigenvalue weighted by Gasteiger charge is -2.27. The van der Waals surface area contributed by atoms with Gasteiger partial charge in [0, 0.05) is 14.8 Å². The second-order valence-electron chi connectivity index (χ2n) is 6.80. The van der Waals surface area contributed by atoms with Gasteiger partial charge in [0.1, 0.15) is 6.67 Å². The van der Waals surface area contributed by atoms with Crippen molar-refractivity contribution in [3.8, 4) is 0 Å². The zero-order valence-corrected chi connectivity index (χ0v) is 17.8. The number of carbonyl (C=O) groups is 3. The molecule has 0 aliphatic carbocycles. The van der Waals surface area contributed by atoms with Gasteiger partial charge in [0.25, 0.3) is 17.7 Å². The van der Waals surface area contributed by atoms with E-state index in [0.717, 1.165) is 14.0 Å². The third-order valence-corrected chi connectivity index (χ3v) is 5.56. The summed E-state index contributed by atoms with van der Waals surface area (Å²) in [6, 6.07) is 21.3. The fourth-order valence-corrected chi connectivity index (χ4v) is 3.60. The highest BCUT2D eigenvalue weighted by atomic mass is 127. The summed E-state index contributed by atoms with van der Waals surface area (Å²) in [6.07, 6.45) is 0. The van der Waals surface area contributed by atoms with E-state index in [4.69, 9.17) is 0 Å². The van der Waals surface area contributed by atoms with E-state index in [1.807, 2.05) is 43.3 Å². The summed E-state index contributed by atoms with van der Waals surface area (Å²) in [5, 5.41) is 0. The van der Waals surface area contributed by atoms with E-state index in [0.29, 0.717) is 22.4 Å².